The van der Waals surface area contributed by atoms with Gasteiger partial charge in [0.05, 0.1) is 12.6 Å². The summed E-state index contributed by atoms with van der Waals surface area (Å²) in [6.07, 6.45) is 0.176. The zero-order chi connectivity index (χ0) is 14.1. The second-order valence-corrected chi connectivity index (χ2v) is 5.25. The van der Waals surface area contributed by atoms with Crippen molar-refractivity contribution < 1.29 is 4.74 Å². The largest absolute Gasteiger partial charge is 0.491 e. The molecule has 20 heavy (non-hydrogen) atoms. The summed E-state index contributed by atoms with van der Waals surface area (Å²) >= 11 is 0. The molecule has 102 valence electrons. The fourth-order valence-electron chi connectivity index (χ4n) is 2.48. The summed E-state index contributed by atoms with van der Waals surface area (Å²) in [5, 5.41) is 8.29. The topological polar surface area (TPSA) is 36.3 Å². The summed E-state index contributed by atoms with van der Waals surface area (Å²) in [6.45, 7) is 4.79. The van der Waals surface area contributed by atoms with Crippen LogP contribution in [0.2, 0.25) is 0 Å². The number of rotatable bonds is 3. The van der Waals surface area contributed by atoms with Gasteiger partial charge < -0.3 is 9.64 Å². The molecule has 1 aliphatic heterocycles. The summed E-state index contributed by atoms with van der Waals surface area (Å²) in [6, 6.07) is 16.0. The molecule has 0 unspecified atom stereocenters. The monoisotopic (exact) mass is 266 g/mol. The summed E-state index contributed by atoms with van der Waals surface area (Å²) in [4.78, 5) is 2.02. The quantitative estimate of drug-likeness (QED) is 0.916. The summed E-state index contributed by atoms with van der Waals surface area (Å²) in [7, 11) is 0. The van der Waals surface area contributed by atoms with Gasteiger partial charge in [-0.3, -0.25) is 5.41 Å². The van der Waals surface area contributed by atoms with Crippen LogP contribution >= 0.6 is 0 Å². The van der Waals surface area contributed by atoms with Gasteiger partial charge in [0.2, 0.25) is 0 Å². The zero-order valence-electron chi connectivity index (χ0n) is 11.8. The van der Waals surface area contributed by atoms with E-state index in [2.05, 4.69) is 6.07 Å². The maximum atomic E-state index is 8.29. The third-order valence-corrected chi connectivity index (χ3v) is 3.39. The normalized spacial score (nSPS) is 13.8. The van der Waals surface area contributed by atoms with Crippen LogP contribution < -0.4 is 9.64 Å². The molecule has 3 nitrogen and oxygen atoms in total. The standard InChI is InChI=1S/C17H18N2O/c1-12(2)20-15-9-7-14(8-10-15)19-11-13-5-3-4-6-16(13)17(19)18/h3-10,12,18H,11H2,1-2H3. The Morgan fingerprint density at radius 2 is 1.75 bits per heavy atom. The molecule has 2 aromatic rings. The average Bonchev–Trinajstić information content (AvgIpc) is 2.77. The Labute approximate surface area is 119 Å². The first-order chi connectivity index (χ1) is 9.65. The molecular weight excluding hydrogens is 248 g/mol. The molecule has 0 aliphatic carbocycles. The zero-order valence-corrected chi connectivity index (χ0v) is 11.8. The highest BCUT2D eigenvalue weighted by Crippen LogP contribution is 2.29. The van der Waals surface area contributed by atoms with Gasteiger partial charge in [0.1, 0.15) is 11.6 Å². The van der Waals surface area contributed by atoms with Gasteiger partial charge in [-0.05, 0) is 43.7 Å². The number of amidine groups is 1. The van der Waals surface area contributed by atoms with Crippen molar-refractivity contribution in [3.05, 3.63) is 59.7 Å². The number of nitrogens with one attached hydrogen (secondary N) is 1. The first-order valence-corrected chi connectivity index (χ1v) is 6.86. The first kappa shape index (κ1) is 12.7. The molecule has 0 saturated carbocycles. The average molecular weight is 266 g/mol. The van der Waals surface area contributed by atoms with Crippen LogP contribution in [-0.2, 0) is 6.54 Å². The molecule has 0 saturated heterocycles. The second-order valence-electron chi connectivity index (χ2n) is 5.25. The van der Waals surface area contributed by atoms with Crippen molar-refractivity contribution >= 4 is 11.5 Å². The predicted molar refractivity (Wildman–Crippen MR) is 81.7 cm³/mol. The maximum Gasteiger partial charge on any atom is 0.133 e. The number of anilines is 1. The van der Waals surface area contributed by atoms with Gasteiger partial charge in [-0.15, -0.1) is 0 Å². The maximum absolute atomic E-state index is 8.29. The minimum absolute atomic E-state index is 0.176. The van der Waals surface area contributed by atoms with E-state index in [9.17, 15) is 0 Å². The molecule has 1 aliphatic rings. The Kier molecular flexibility index (Phi) is 3.18. The Morgan fingerprint density at radius 1 is 1.05 bits per heavy atom. The van der Waals surface area contributed by atoms with Crippen molar-refractivity contribution in [1.82, 2.24) is 0 Å². The van der Waals surface area contributed by atoms with Crippen molar-refractivity contribution in [1.29, 1.82) is 5.41 Å². The van der Waals surface area contributed by atoms with Crippen molar-refractivity contribution in [2.45, 2.75) is 26.5 Å². The lowest BCUT2D eigenvalue weighted by Crippen LogP contribution is -2.22. The minimum atomic E-state index is 0.176. The molecule has 0 spiro atoms. The predicted octanol–water partition coefficient (Wildman–Crippen LogP) is 3.82. The highest BCUT2D eigenvalue weighted by molar-refractivity contribution is 6.11. The van der Waals surface area contributed by atoms with Crippen LogP contribution in [0.1, 0.15) is 25.0 Å². The van der Waals surface area contributed by atoms with Crippen LogP contribution in [0.5, 0.6) is 5.75 Å². The van der Waals surface area contributed by atoms with Crippen molar-refractivity contribution in [2.75, 3.05) is 4.90 Å². The third-order valence-electron chi connectivity index (χ3n) is 3.39. The van der Waals surface area contributed by atoms with Gasteiger partial charge in [0, 0.05) is 11.3 Å². The van der Waals surface area contributed by atoms with Gasteiger partial charge in [-0.25, -0.2) is 0 Å². The van der Waals surface area contributed by atoms with Crippen LogP contribution in [0.25, 0.3) is 0 Å². The lowest BCUT2D eigenvalue weighted by Gasteiger charge is -2.18. The van der Waals surface area contributed by atoms with Crippen LogP contribution in [0.4, 0.5) is 5.69 Å². The van der Waals surface area contributed by atoms with E-state index in [1.165, 1.54) is 5.56 Å². The first-order valence-electron chi connectivity index (χ1n) is 6.86. The fourth-order valence-corrected chi connectivity index (χ4v) is 2.48. The van der Waals surface area contributed by atoms with Crippen LogP contribution in [-0.4, -0.2) is 11.9 Å². The summed E-state index contributed by atoms with van der Waals surface area (Å²) in [5.41, 5.74) is 3.26. The van der Waals surface area contributed by atoms with Gasteiger partial charge in [0.15, 0.2) is 0 Å². The molecule has 1 heterocycles. The Morgan fingerprint density at radius 3 is 2.40 bits per heavy atom. The van der Waals surface area contributed by atoms with E-state index in [-0.39, 0.29) is 6.10 Å². The van der Waals surface area contributed by atoms with Crippen LogP contribution in [0.3, 0.4) is 0 Å². The van der Waals surface area contributed by atoms with E-state index in [0.717, 1.165) is 23.5 Å². The number of nitrogens with zero attached hydrogens (tertiary/aromatic N) is 1. The number of benzene rings is 2. The molecule has 0 radical (unpaired) electrons. The number of hydrogen-bond acceptors (Lipinski definition) is 2. The molecule has 0 fully saturated rings. The Balaban J connectivity index is 1.83. The molecule has 0 aromatic heterocycles. The number of ether oxygens (including phenoxy) is 1. The van der Waals surface area contributed by atoms with Gasteiger partial charge in [0.25, 0.3) is 0 Å². The number of hydrogen-bond donors (Lipinski definition) is 1. The fraction of sp³-hybridized carbons (Fsp3) is 0.235. The molecule has 0 atom stereocenters. The lowest BCUT2D eigenvalue weighted by atomic mass is 10.1. The molecule has 2 aromatic carbocycles. The summed E-state index contributed by atoms with van der Waals surface area (Å²) in [5.74, 6) is 1.44. The summed E-state index contributed by atoms with van der Waals surface area (Å²) < 4.78 is 5.65. The minimum Gasteiger partial charge on any atom is -0.491 e. The van der Waals surface area contributed by atoms with E-state index in [1.807, 2.05) is 61.2 Å². The van der Waals surface area contributed by atoms with Gasteiger partial charge in [-0.1, -0.05) is 24.3 Å². The van der Waals surface area contributed by atoms with Crippen molar-refractivity contribution in [3.8, 4) is 5.75 Å². The SMILES string of the molecule is CC(C)Oc1ccc(N2Cc3ccccc3C2=N)cc1. The smallest absolute Gasteiger partial charge is 0.133 e. The Bertz CT molecular complexity index is 632. The molecule has 0 amide bonds. The highest BCUT2D eigenvalue weighted by atomic mass is 16.5. The molecule has 0 bridgehead atoms. The third kappa shape index (κ3) is 2.27. The van der Waals surface area contributed by atoms with E-state index in [1.54, 1.807) is 0 Å². The Hall–Kier alpha value is -2.29. The van der Waals surface area contributed by atoms with Crippen LogP contribution in [0.15, 0.2) is 48.5 Å². The molecule has 1 N–H and O–H groups in total. The van der Waals surface area contributed by atoms with E-state index in [0.29, 0.717) is 5.84 Å². The van der Waals surface area contributed by atoms with E-state index < -0.39 is 0 Å². The molecule has 3 rings (SSSR count). The lowest BCUT2D eigenvalue weighted by molar-refractivity contribution is 0.242. The van der Waals surface area contributed by atoms with Gasteiger partial charge >= 0.3 is 0 Å². The van der Waals surface area contributed by atoms with Gasteiger partial charge in [-0.2, -0.15) is 0 Å². The van der Waals surface area contributed by atoms with Crippen molar-refractivity contribution in [2.24, 2.45) is 0 Å². The van der Waals surface area contributed by atoms with E-state index in [4.69, 9.17) is 10.1 Å². The molecule has 3 heteroatoms. The van der Waals surface area contributed by atoms with Crippen molar-refractivity contribution in [3.63, 3.8) is 0 Å². The van der Waals surface area contributed by atoms with Crippen LogP contribution in [0, 0.1) is 5.41 Å². The number of fused-ring (bicyclic) bond motifs is 1. The van der Waals surface area contributed by atoms with E-state index >= 15 is 0 Å². The second kappa shape index (κ2) is 5.00. The highest BCUT2D eigenvalue weighted by Gasteiger charge is 2.24. The molecular formula is C17H18N2O.